The van der Waals surface area contributed by atoms with Crippen LogP contribution < -0.4 is 4.90 Å². The summed E-state index contributed by atoms with van der Waals surface area (Å²) in [5, 5.41) is 0. The monoisotopic (exact) mass is 428 g/mol. The number of carbonyl (C=O) groups excluding carboxylic acids is 2. The van der Waals surface area contributed by atoms with Crippen molar-refractivity contribution in [1.29, 1.82) is 0 Å². The summed E-state index contributed by atoms with van der Waals surface area (Å²) in [4.78, 5) is 30.6. The van der Waals surface area contributed by atoms with Crippen LogP contribution in [0.25, 0.3) is 0 Å². The number of hydrogen-bond donors (Lipinski definition) is 0. The molecule has 0 N–H and O–H groups in total. The first-order valence-electron chi connectivity index (χ1n) is 11.3. The summed E-state index contributed by atoms with van der Waals surface area (Å²) >= 11 is 0. The Morgan fingerprint density at radius 2 is 1.94 bits per heavy atom. The minimum Gasteiger partial charge on any atom is -0.504 e. The van der Waals surface area contributed by atoms with E-state index in [0.29, 0.717) is 12.0 Å². The second-order valence-corrected chi connectivity index (χ2v) is 8.87. The molecule has 0 bridgehead atoms. The molecule has 31 heavy (non-hydrogen) atoms. The first-order valence-corrected chi connectivity index (χ1v) is 11.3. The third-order valence-electron chi connectivity index (χ3n) is 7.34. The van der Waals surface area contributed by atoms with Crippen molar-refractivity contribution in [2.45, 2.75) is 51.0 Å². The quantitative estimate of drug-likeness (QED) is 0.376. The molecule has 0 unspecified atom stereocenters. The van der Waals surface area contributed by atoms with Crippen LogP contribution >= 0.6 is 0 Å². The number of fused-ring (bicyclic) bond motifs is 1. The van der Waals surface area contributed by atoms with Crippen molar-refractivity contribution >= 4 is 17.6 Å². The fourth-order valence-corrected chi connectivity index (χ4v) is 5.93. The Morgan fingerprint density at radius 1 is 1.23 bits per heavy atom. The molecule has 1 aromatic rings. The van der Waals surface area contributed by atoms with Crippen molar-refractivity contribution in [2.75, 3.05) is 39.8 Å². The molecule has 1 saturated heterocycles. The molecule has 3 rings (SSSR count). The first-order chi connectivity index (χ1) is 14.9. The SMILES string of the molecule is CCC[C@@]1([C@@H]2C[C@H](/C(=C\OC)C(=O)OC)[C@H](CC)CN2C)C(=O)N(C)c2ccccc21. The molecule has 0 spiro atoms. The Balaban J connectivity index is 2.12. The molecule has 0 aromatic heterocycles. The van der Waals surface area contributed by atoms with Crippen molar-refractivity contribution < 1.29 is 19.1 Å². The minimum absolute atomic E-state index is 0.0243. The largest absolute Gasteiger partial charge is 0.504 e. The van der Waals surface area contributed by atoms with E-state index >= 15 is 0 Å². The summed E-state index contributed by atoms with van der Waals surface area (Å²) in [5.41, 5.74) is 2.03. The van der Waals surface area contributed by atoms with Crippen LogP contribution in [-0.2, 0) is 24.5 Å². The lowest BCUT2D eigenvalue weighted by molar-refractivity contribution is -0.137. The number of likely N-dealkylation sites (tertiary alicyclic amines) is 1. The van der Waals surface area contributed by atoms with E-state index in [2.05, 4.69) is 31.9 Å². The second-order valence-electron chi connectivity index (χ2n) is 8.87. The van der Waals surface area contributed by atoms with E-state index in [1.54, 1.807) is 7.11 Å². The molecule has 2 heterocycles. The van der Waals surface area contributed by atoms with Gasteiger partial charge in [0, 0.05) is 25.3 Å². The molecule has 1 fully saturated rings. The van der Waals surface area contributed by atoms with Gasteiger partial charge in [0.25, 0.3) is 0 Å². The maximum atomic E-state index is 13.8. The molecule has 1 aromatic carbocycles. The molecule has 0 radical (unpaired) electrons. The average Bonchev–Trinajstić information content (AvgIpc) is 3.00. The Labute approximate surface area is 186 Å². The number of nitrogens with zero attached hydrogens (tertiary/aromatic N) is 2. The van der Waals surface area contributed by atoms with Crippen molar-refractivity contribution in [2.24, 2.45) is 11.8 Å². The van der Waals surface area contributed by atoms with E-state index in [4.69, 9.17) is 9.47 Å². The van der Waals surface area contributed by atoms with Gasteiger partial charge in [-0.15, -0.1) is 0 Å². The van der Waals surface area contributed by atoms with E-state index in [1.807, 2.05) is 30.1 Å². The minimum atomic E-state index is -0.625. The van der Waals surface area contributed by atoms with Gasteiger partial charge >= 0.3 is 5.97 Å². The van der Waals surface area contributed by atoms with Gasteiger partial charge in [-0.05, 0) is 43.4 Å². The Bertz CT molecular complexity index is 852. The van der Waals surface area contributed by atoms with Crippen LogP contribution in [-0.4, -0.2) is 57.7 Å². The number of likely N-dealkylation sites (N-methyl/N-ethyl adjacent to an activating group) is 2. The third kappa shape index (κ3) is 3.75. The van der Waals surface area contributed by atoms with E-state index in [0.717, 1.165) is 37.1 Å². The van der Waals surface area contributed by atoms with Gasteiger partial charge in [0.1, 0.15) is 0 Å². The molecule has 170 valence electrons. The Morgan fingerprint density at radius 3 is 2.55 bits per heavy atom. The molecule has 1 amide bonds. The normalized spacial score (nSPS) is 29.1. The molecule has 2 aliphatic heterocycles. The summed E-state index contributed by atoms with van der Waals surface area (Å²) in [7, 11) is 6.95. The third-order valence-corrected chi connectivity index (χ3v) is 7.34. The predicted molar refractivity (Wildman–Crippen MR) is 122 cm³/mol. The molecule has 6 nitrogen and oxygen atoms in total. The van der Waals surface area contributed by atoms with Gasteiger partial charge in [0.15, 0.2) is 0 Å². The number of ether oxygens (including phenoxy) is 2. The number of benzene rings is 1. The van der Waals surface area contributed by atoms with Crippen molar-refractivity contribution in [3.63, 3.8) is 0 Å². The van der Waals surface area contributed by atoms with Gasteiger partial charge in [0.2, 0.25) is 5.91 Å². The number of esters is 1. The van der Waals surface area contributed by atoms with E-state index < -0.39 is 5.41 Å². The van der Waals surface area contributed by atoms with E-state index in [-0.39, 0.29) is 29.8 Å². The van der Waals surface area contributed by atoms with Crippen LogP contribution in [0, 0.1) is 11.8 Å². The summed E-state index contributed by atoms with van der Waals surface area (Å²) in [6.45, 7) is 5.10. The van der Waals surface area contributed by atoms with E-state index in [1.165, 1.54) is 13.4 Å². The smallest absolute Gasteiger partial charge is 0.337 e. The molecule has 4 atom stereocenters. The average molecular weight is 429 g/mol. The van der Waals surface area contributed by atoms with Crippen LogP contribution in [0.15, 0.2) is 36.1 Å². The fraction of sp³-hybridized carbons (Fsp3) is 0.600. The predicted octanol–water partition coefficient (Wildman–Crippen LogP) is 3.75. The highest BCUT2D eigenvalue weighted by atomic mass is 16.5. The summed E-state index contributed by atoms with van der Waals surface area (Å²) < 4.78 is 10.4. The van der Waals surface area contributed by atoms with Crippen LogP contribution in [0.3, 0.4) is 0 Å². The van der Waals surface area contributed by atoms with Crippen LogP contribution in [0.4, 0.5) is 5.69 Å². The van der Waals surface area contributed by atoms with Gasteiger partial charge in [-0.2, -0.15) is 0 Å². The fourth-order valence-electron chi connectivity index (χ4n) is 5.93. The van der Waals surface area contributed by atoms with Crippen molar-refractivity contribution in [3.8, 4) is 0 Å². The highest BCUT2D eigenvalue weighted by molar-refractivity contribution is 6.08. The lowest BCUT2D eigenvalue weighted by Crippen LogP contribution is -2.59. The number of hydrogen-bond acceptors (Lipinski definition) is 5. The van der Waals surface area contributed by atoms with Crippen LogP contribution in [0.2, 0.25) is 0 Å². The molecule has 2 aliphatic rings. The van der Waals surface area contributed by atoms with Crippen LogP contribution in [0.5, 0.6) is 0 Å². The molecule has 0 aliphatic carbocycles. The molecular weight excluding hydrogens is 392 g/mol. The van der Waals surface area contributed by atoms with Gasteiger partial charge < -0.3 is 19.3 Å². The van der Waals surface area contributed by atoms with Crippen molar-refractivity contribution in [3.05, 3.63) is 41.7 Å². The number of amides is 1. The van der Waals surface area contributed by atoms with Gasteiger partial charge in [-0.1, -0.05) is 44.9 Å². The number of rotatable bonds is 7. The molecule has 6 heteroatoms. The topological polar surface area (TPSA) is 59.1 Å². The number of methoxy groups -OCH3 is 2. The highest BCUT2D eigenvalue weighted by Gasteiger charge is 2.57. The number of anilines is 1. The zero-order valence-corrected chi connectivity index (χ0v) is 19.7. The van der Waals surface area contributed by atoms with Crippen LogP contribution in [0.1, 0.15) is 45.1 Å². The Kier molecular flexibility index (Phi) is 7.10. The number of para-hydroxylation sites is 1. The van der Waals surface area contributed by atoms with Gasteiger partial charge in [0.05, 0.1) is 31.5 Å². The summed E-state index contributed by atoms with van der Waals surface area (Å²) in [6.07, 6.45) is 4.84. The first kappa shape index (κ1) is 23.3. The van der Waals surface area contributed by atoms with E-state index in [9.17, 15) is 9.59 Å². The number of carbonyl (C=O) groups is 2. The summed E-state index contributed by atoms with van der Waals surface area (Å²) in [5.74, 6) is 0.0490. The zero-order valence-electron chi connectivity index (χ0n) is 19.7. The Hall–Kier alpha value is -2.34. The maximum Gasteiger partial charge on any atom is 0.337 e. The molecular formula is C25H36N2O4. The summed E-state index contributed by atoms with van der Waals surface area (Å²) in [6, 6.07) is 8.12. The standard InChI is InChI=1S/C25H36N2O4/c1-7-13-25(20-11-9-10-12-21(20)27(4)24(25)29)22-14-18(17(8-2)15-26(22)3)19(16-30-5)23(28)31-6/h9-12,16-18,22H,7-8,13-15H2,1-6H3/b19-16+/t17-,18+,22+,25-/m1/s1. The lowest BCUT2D eigenvalue weighted by atomic mass is 9.64. The maximum absolute atomic E-state index is 13.8. The molecule has 0 saturated carbocycles. The van der Waals surface area contributed by atoms with Gasteiger partial charge in [-0.25, -0.2) is 4.79 Å². The lowest BCUT2D eigenvalue weighted by Gasteiger charge is -2.49. The highest BCUT2D eigenvalue weighted by Crippen LogP contribution is 2.51. The number of piperidine rings is 1. The zero-order chi connectivity index (χ0) is 22.8. The van der Waals surface area contributed by atoms with Gasteiger partial charge in [-0.3, -0.25) is 4.79 Å². The second kappa shape index (κ2) is 9.43. The van der Waals surface area contributed by atoms with Crippen molar-refractivity contribution in [1.82, 2.24) is 4.90 Å².